The van der Waals surface area contributed by atoms with Crippen LogP contribution in [0.2, 0.25) is 0 Å². The fourth-order valence-corrected chi connectivity index (χ4v) is 14.9. The SMILES string of the molecule is CC(C)=CCc1c(C)ccc(/C=C/C(=O)NO)c1OCc1ccc(OC(Br)(Br)Br)cc1.CC(C)=CCc1c(C)ccc(/C=C/C(=O)N[O-])c1OCc1ccc(Br)cc1.CC(C)=CCc1c(C)ccc(/C=C/C(=O)N[O-])c1OCc1ccc(OC(Br)(Br)Br)cc1.CC(C)=CCc1c(CO)ccc(/C=C/C(=O)NO)c1OCc1ccc(Br)cc1.CC(C)=CCc1c(CO)ccc(/C=C/C(=O)NO)c1OCc1ccc(F)cc1.[H-].[Li+].[Li+]. The summed E-state index contributed by atoms with van der Waals surface area (Å²) in [5, 5.41) is 66.7. The molecule has 0 unspecified atom stereocenters. The van der Waals surface area contributed by atoms with Crippen molar-refractivity contribution in [1.29, 1.82) is 0 Å². The summed E-state index contributed by atoms with van der Waals surface area (Å²) < 4.78 is 55.5. The number of benzene rings is 10. The number of aryl methyl sites for hydroxylation is 3. The number of aliphatic hydroxyl groups is 2. The van der Waals surface area contributed by atoms with E-state index in [-0.39, 0.29) is 64.8 Å². The van der Waals surface area contributed by atoms with Gasteiger partial charge in [0, 0.05) is 95.0 Å². The summed E-state index contributed by atoms with van der Waals surface area (Å²) in [4.78, 5) is 56.9. The van der Waals surface area contributed by atoms with Gasteiger partial charge in [0.15, 0.2) is 0 Å². The largest absolute Gasteiger partial charge is 1.00 e. The number of alkyl halides is 6. The Bertz CT molecular complexity index is 5990. The number of rotatable bonds is 39. The Hall–Kier alpha value is -9.77. The second-order valence-corrected chi connectivity index (χ2v) is 48.5. The zero-order valence-corrected chi connectivity index (χ0v) is 97.0. The van der Waals surface area contributed by atoms with Gasteiger partial charge in [0.25, 0.3) is 22.4 Å². The normalized spacial score (nSPS) is 10.8. The van der Waals surface area contributed by atoms with Crippen LogP contribution in [0.15, 0.2) is 280 Å². The van der Waals surface area contributed by atoms with Crippen LogP contribution in [0.25, 0.3) is 30.4 Å². The maximum Gasteiger partial charge on any atom is 1.00 e. The number of halogens is 9. The number of carbonyl (C=O) groups is 5. The molecule has 147 heavy (non-hydrogen) atoms. The van der Waals surface area contributed by atoms with E-state index >= 15 is 0 Å². The fraction of sp³-hybridized carbons (Fsp3) is 0.241. The van der Waals surface area contributed by atoms with Crippen molar-refractivity contribution in [1.82, 2.24) is 27.4 Å². The summed E-state index contributed by atoms with van der Waals surface area (Å²) in [5.74, 6) is 0.966. The average Bonchev–Trinajstić information content (AvgIpc) is 0.826. The number of hydrogen-bond acceptors (Lipinski definition) is 19. The molecule has 10 aromatic carbocycles. The molecule has 0 saturated heterocycles. The Morgan fingerprint density at radius 3 is 0.755 bits per heavy atom. The molecule has 772 valence electrons. The molecule has 10 rings (SSSR count). The Kier molecular flexibility index (Phi) is 60.0. The molecular formula is C112H119Br8FLi2N5O19-. The first kappa shape index (κ1) is 130. The number of allylic oxidation sites excluding steroid dienone is 10. The molecule has 10 N–H and O–H groups in total. The van der Waals surface area contributed by atoms with E-state index in [4.69, 9.17) is 48.8 Å². The molecule has 0 spiro atoms. The zero-order valence-electron chi connectivity index (χ0n) is 85.3. The van der Waals surface area contributed by atoms with Crippen LogP contribution in [-0.4, -0.2) is 60.0 Å². The molecular weight excluding hydrogens is 2390 g/mol. The maximum atomic E-state index is 13.1. The predicted octanol–water partition coefficient (Wildman–Crippen LogP) is 21.7. The van der Waals surface area contributed by atoms with Crippen LogP contribution < -0.4 is 98.3 Å². The van der Waals surface area contributed by atoms with E-state index in [1.54, 1.807) is 71.1 Å². The minimum Gasteiger partial charge on any atom is -1.00 e. The molecule has 0 fully saturated rings. The van der Waals surface area contributed by atoms with Gasteiger partial charge in [0.1, 0.15) is 79.1 Å². The third-order valence-corrected chi connectivity index (χ3v) is 22.9. The first-order valence-electron chi connectivity index (χ1n) is 45.2. The van der Waals surface area contributed by atoms with Gasteiger partial charge in [0.2, 0.25) is 11.8 Å². The van der Waals surface area contributed by atoms with Crippen molar-refractivity contribution in [3.05, 3.63) is 407 Å². The molecule has 24 nitrogen and oxygen atoms in total. The van der Waals surface area contributed by atoms with Gasteiger partial charge >= 0.3 is 37.7 Å². The Balaban J connectivity index is 0.000000473. The van der Waals surface area contributed by atoms with E-state index in [9.17, 15) is 49.0 Å². The number of nitrogens with one attached hydrogen (secondary N) is 5. The van der Waals surface area contributed by atoms with Crippen LogP contribution in [0.1, 0.15) is 182 Å². The third kappa shape index (κ3) is 48.8. The van der Waals surface area contributed by atoms with Crippen LogP contribution in [0.3, 0.4) is 0 Å². The third-order valence-electron chi connectivity index (χ3n) is 20.8. The molecule has 0 radical (unpaired) electrons. The van der Waals surface area contributed by atoms with Crippen LogP contribution in [-0.2, 0) is 102 Å². The van der Waals surface area contributed by atoms with Gasteiger partial charge < -0.3 is 66.2 Å². The van der Waals surface area contributed by atoms with E-state index in [2.05, 4.69) is 179 Å². The van der Waals surface area contributed by atoms with Crippen molar-refractivity contribution < 1.29 is 127 Å². The molecule has 35 heteroatoms. The van der Waals surface area contributed by atoms with Crippen LogP contribution in [0.4, 0.5) is 4.39 Å². The van der Waals surface area contributed by atoms with Gasteiger partial charge in [-0.3, -0.25) is 39.6 Å². The van der Waals surface area contributed by atoms with Crippen LogP contribution in [0, 0.1) is 37.0 Å². The minimum absolute atomic E-state index is 0. The monoisotopic (exact) mass is 2500 g/mol. The van der Waals surface area contributed by atoms with Crippen molar-refractivity contribution in [2.75, 3.05) is 0 Å². The van der Waals surface area contributed by atoms with Crippen molar-refractivity contribution in [2.45, 2.75) is 173 Å². The molecule has 0 aliphatic rings. The fourth-order valence-electron chi connectivity index (χ4n) is 13.3. The number of ether oxygens (including phenoxy) is 7. The number of hydroxylamine groups is 5. The topological polar surface area (TPSA) is 357 Å². The standard InChI is InChI=1S/C23H24Br3NO4.C23H23Br3NO4.C22H24BrNO4.C22H23BrNO3.C22H24FNO4.2Li.H/c2*1-15(2)4-12-20-16(3)5-8-18(9-13-21(28)27-29)22(20)30-14-17-6-10-19(11-7-17)31-23(24,25)26;1-15(2)3-11-20-18(13-25)7-6-17(8-12-21(26)24-27)22(20)28-14-16-4-9-19(23)10-5-16;1-15(2)4-12-20-16(3)5-8-18(9-13-21(25)24-26)22(20)27-14-17-6-10-19(23)11-7-17;1-15(2)3-11-20-18(13-25)7-6-17(8-12-21(26)24-27)22(20)28-14-16-4-9-19(23)10-5-16;;;/h4-11,13,29H,12,14H2,1-3H3,(H,27,28);4-11,13H,12,14H2,1-3H3,(H-,27,28,29);3-10,12,25,27H,11,13-14H2,1-2H3,(H,24,26);4-11,13H,12,14H2,1-3H3,(H-,24,25,26);3-10,12,25,27H,11,13-14H2,1-2H3,(H,24,26);;;/q;-1;;-1;;2*+1;-1/b2*13-9+;12-8+;13-9+;12-8+;;;. The predicted molar refractivity (Wildman–Crippen MR) is 603 cm³/mol. The molecule has 0 saturated carbocycles. The zero-order chi connectivity index (χ0) is 107. The van der Waals surface area contributed by atoms with Gasteiger partial charge in [-0.25, -0.2) is 20.8 Å². The first-order chi connectivity index (χ1) is 69.0. The van der Waals surface area contributed by atoms with Gasteiger partial charge in [0.05, 0.1) is 13.2 Å². The summed E-state index contributed by atoms with van der Waals surface area (Å²) in [6.07, 6.45) is 27.8. The van der Waals surface area contributed by atoms with Gasteiger partial charge in [-0.1, -0.05) is 211 Å². The number of aliphatic hydroxyl groups excluding tert-OH is 2. The number of amides is 5. The minimum atomic E-state index is -0.815. The molecule has 0 heterocycles. The quantitative estimate of drug-likeness (QED) is 0.00427. The summed E-state index contributed by atoms with van der Waals surface area (Å²) in [6.45, 7) is 27.8. The van der Waals surface area contributed by atoms with E-state index in [0.717, 1.165) is 132 Å². The number of carbonyl (C=O) groups excluding carboxylic acids is 5. The van der Waals surface area contributed by atoms with Crippen LogP contribution >= 0.6 is 127 Å². The average molecular weight is 2510 g/mol. The van der Waals surface area contributed by atoms with E-state index in [0.29, 0.717) is 97.7 Å². The maximum absolute atomic E-state index is 13.1. The van der Waals surface area contributed by atoms with E-state index in [1.807, 2.05) is 208 Å². The van der Waals surface area contributed by atoms with Crippen LogP contribution in [0.5, 0.6) is 40.2 Å². The van der Waals surface area contributed by atoms with Gasteiger partial charge in [-0.15, -0.1) is 0 Å². The Labute approximate surface area is 952 Å². The van der Waals surface area contributed by atoms with Crippen molar-refractivity contribution in [3.8, 4) is 40.2 Å². The van der Waals surface area contributed by atoms with Crippen molar-refractivity contribution in [2.24, 2.45) is 0 Å². The van der Waals surface area contributed by atoms with Crippen molar-refractivity contribution in [3.63, 3.8) is 0 Å². The molecule has 0 aliphatic heterocycles. The smallest absolute Gasteiger partial charge is 1.00 e. The van der Waals surface area contributed by atoms with E-state index < -0.39 is 34.2 Å². The molecule has 0 aromatic heterocycles. The molecule has 5 amide bonds. The van der Waals surface area contributed by atoms with E-state index in [1.165, 1.54) is 76.3 Å². The Morgan fingerprint density at radius 1 is 0.327 bits per heavy atom. The molecule has 0 atom stereocenters. The Morgan fingerprint density at radius 2 is 0.537 bits per heavy atom. The molecule has 0 bridgehead atoms. The van der Waals surface area contributed by atoms with Gasteiger partial charge in [-0.2, -0.15) is 0 Å². The molecule has 0 aliphatic carbocycles. The summed E-state index contributed by atoms with van der Waals surface area (Å²) in [6, 6.07) is 55.6. The van der Waals surface area contributed by atoms with Crippen molar-refractivity contribution >= 4 is 187 Å². The second-order valence-electron chi connectivity index (χ2n) is 33.6. The van der Waals surface area contributed by atoms with Gasteiger partial charge in [-0.05, 0) is 364 Å². The summed E-state index contributed by atoms with van der Waals surface area (Å²) >= 11 is 26.7. The summed E-state index contributed by atoms with van der Waals surface area (Å²) in [5.41, 5.74) is 31.3. The molecule has 10 aromatic rings. The second kappa shape index (κ2) is 68.1. The summed E-state index contributed by atoms with van der Waals surface area (Å²) in [7, 11) is 0. The first-order valence-corrected chi connectivity index (χ1v) is 51.5. The number of hydrogen-bond donors (Lipinski definition) is 10.